The van der Waals surface area contributed by atoms with Crippen molar-refractivity contribution in [2.75, 3.05) is 0 Å². The van der Waals surface area contributed by atoms with Crippen LogP contribution in [0.25, 0.3) is 10.8 Å². The van der Waals surface area contributed by atoms with Gasteiger partial charge >= 0.3 is 29.6 Å². The second kappa shape index (κ2) is 5.13. The molecule has 0 aliphatic carbocycles. The summed E-state index contributed by atoms with van der Waals surface area (Å²) in [5.74, 6) is 0. The van der Waals surface area contributed by atoms with Crippen molar-refractivity contribution in [2.45, 2.75) is 12.3 Å². The van der Waals surface area contributed by atoms with E-state index >= 15 is 0 Å². The van der Waals surface area contributed by atoms with Gasteiger partial charge in [0.05, 0.1) is 11.1 Å². The SMILES string of the molecule is CC(Cl)c1cc2ccccc2cn1.[NaH]. The average molecular weight is 216 g/mol. The van der Waals surface area contributed by atoms with Gasteiger partial charge in [-0.1, -0.05) is 24.3 Å². The van der Waals surface area contributed by atoms with Gasteiger partial charge in [-0.2, -0.15) is 0 Å². The number of nitrogens with zero attached hydrogens (tertiary/aromatic N) is 1. The first-order valence-corrected chi connectivity index (χ1v) is 4.70. The number of benzene rings is 1. The van der Waals surface area contributed by atoms with Gasteiger partial charge in [0, 0.05) is 11.6 Å². The molecule has 1 nitrogen and oxygen atoms in total. The Morgan fingerprint density at radius 3 is 2.50 bits per heavy atom. The first-order chi connectivity index (χ1) is 6.27. The van der Waals surface area contributed by atoms with Gasteiger partial charge in [-0.15, -0.1) is 11.6 Å². The number of fused-ring (bicyclic) bond motifs is 1. The second-order valence-corrected chi connectivity index (χ2v) is 3.73. The third kappa shape index (κ3) is 2.48. The molecule has 0 saturated heterocycles. The summed E-state index contributed by atoms with van der Waals surface area (Å²) in [7, 11) is 0. The van der Waals surface area contributed by atoms with E-state index in [9.17, 15) is 0 Å². The summed E-state index contributed by atoms with van der Waals surface area (Å²) in [6.45, 7) is 1.93. The van der Waals surface area contributed by atoms with Crippen LogP contribution in [0.4, 0.5) is 0 Å². The van der Waals surface area contributed by atoms with E-state index < -0.39 is 0 Å². The zero-order valence-electron chi connectivity index (χ0n) is 7.37. The molecular formula is C11H11ClNNa. The van der Waals surface area contributed by atoms with E-state index in [1.54, 1.807) is 0 Å². The molecule has 0 fully saturated rings. The van der Waals surface area contributed by atoms with Crippen LogP contribution >= 0.6 is 11.6 Å². The van der Waals surface area contributed by atoms with Gasteiger partial charge in [0.2, 0.25) is 0 Å². The van der Waals surface area contributed by atoms with Crippen molar-refractivity contribution >= 4 is 51.9 Å². The molecule has 1 atom stereocenters. The zero-order valence-corrected chi connectivity index (χ0v) is 8.12. The Bertz CT molecular complexity index is 428. The minimum absolute atomic E-state index is 0. The van der Waals surface area contributed by atoms with Crippen LogP contribution < -0.4 is 0 Å². The Hall–Kier alpha value is -0.0800. The maximum atomic E-state index is 5.94. The Kier molecular flexibility index (Phi) is 4.39. The van der Waals surface area contributed by atoms with Crippen LogP contribution in [0.2, 0.25) is 0 Å². The Morgan fingerprint density at radius 1 is 1.21 bits per heavy atom. The van der Waals surface area contributed by atoms with E-state index in [0.717, 1.165) is 11.1 Å². The van der Waals surface area contributed by atoms with Gasteiger partial charge in [0.1, 0.15) is 0 Å². The molecule has 0 bridgehead atoms. The molecule has 1 aromatic carbocycles. The molecule has 0 N–H and O–H groups in total. The number of hydrogen-bond acceptors (Lipinski definition) is 1. The summed E-state index contributed by atoms with van der Waals surface area (Å²) in [4.78, 5) is 4.27. The minimum atomic E-state index is -0.0235. The standard InChI is InChI=1S/C11H10ClN.Na.H/c1-8(12)11-6-9-4-2-3-5-10(9)7-13-11;;/h2-8H,1H3;;. The first kappa shape index (κ1) is 12.0. The molecule has 14 heavy (non-hydrogen) atoms. The van der Waals surface area contributed by atoms with Gasteiger partial charge in [0.25, 0.3) is 0 Å². The average Bonchev–Trinajstić information content (AvgIpc) is 2.17. The summed E-state index contributed by atoms with van der Waals surface area (Å²) < 4.78 is 0. The zero-order chi connectivity index (χ0) is 9.26. The molecule has 0 aliphatic heterocycles. The van der Waals surface area contributed by atoms with Crippen molar-refractivity contribution in [2.24, 2.45) is 0 Å². The monoisotopic (exact) mass is 215 g/mol. The van der Waals surface area contributed by atoms with Gasteiger partial charge in [-0.05, 0) is 18.4 Å². The van der Waals surface area contributed by atoms with E-state index in [2.05, 4.69) is 11.1 Å². The van der Waals surface area contributed by atoms with E-state index in [1.807, 2.05) is 37.4 Å². The number of hydrogen-bond donors (Lipinski definition) is 0. The van der Waals surface area contributed by atoms with Crippen LogP contribution in [0, 0.1) is 0 Å². The summed E-state index contributed by atoms with van der Waals surface area (Å²) >= 11 is 5.94. The molecule has 0 aliphatic rings. The summed E-state index contributed by atoms with van der Waals surface area (Å²) in [5.41, 5.74) is 0.931. The van der Waals surface area contributed by atoms with Gasteiger partial charge in [-0.3, -0.25) is 4.98 Å². The number of rotatable bonds is 1. The molecule has 1 aromatic heterocycles. The van der Waals surface area contributed by atoms with E-state index in [0.29, 0.717) is 0 Å². The molecule has 2 aromatic rings. The second-order valence-electron chi connectivity index (χ2n) is 3.07. The molecule has 1 heterocycles. The molecular weight excluding hydrogens is 205 g/mol. The molecule has 1 unspecified atom stereocenters. The molecule has 0 radical (unpaired) electrons. The number of alkyl halides is 1. The van der Waals surface area contributed by atoms with Crippen LogP contribution in [-0.4, -0.2) is 34.5 Å². The topological polar surface area (TPSA) is 12.9 Å². The normalized spacial score (nSPS) is 12.1. The van der Waals surface area contributed by atoms with Crippen LogP contribution in [0.3, 0.4) is 0 Å². The van der Waals surface area contributed by atoms with Crippen molar-refractivity contribution < 1.29 is 0 Å². The number of halogens is 1. The van der Waals surface area contributed by atoms with Crippen LogP contribution in [0.5, 0.6) is 0 Å². The van der Waals surface area contributed by atoms with Crippen molar-refractivity contribution in [1.82, 2.24) is 4.98 Å². The van der Waals surface area contributed by atoms with Gasteiger partial charge in [0.15, 0.2) is 0 Å². The molecule has 0 spiro atoms. The fraction of sp³-hybridized carbons (Fsp3) is 0.182. The third-order valence-corrected chi connectivity index (χ3v) is 2.28. The molecule has 2 rings (SSSR count). The molecule has 0 saturated carbocycles. The molecule has 68 valence electrons. The van der Waals surface area contributed by atoms with Crippen molar-refractivity contribution in [3.63, 3.8) is 0 Å². The number of pyridine rings is 1. The summed E-state index contributed by atoms with van der Waals surface area (Å²) in [6, 6.07) is 10.2. The van der Waals surface area contributed by atoms with E-state index in [1.165, 1.54) is 5.39 Å². The molecule has 3 heteroatoms. The molecule has 0 amide bonds. The predicted octanol–water partition coefficient (Wildman–Crippen LogP) is 2.89. The van der Waals surface area contributed by atoms with E-state index in [-0.39, 0.29) is 34.9 Å². The van der Waals surface area contributed by atoms with E-state index in [4.69, 9.17) is 11.6 Å². The van der Waals surface area contributed by atoms with Crippen molar-refractivity contribution in [3.05, 3.63) is 42.2 Å². The Labute approximate surface area is 111 Å². The van der Waals surface area contributed by atoms with Gasteiger partial charge in [-0.25, -0.2) is 0 Å². The quantitative estimate of drug-likeness (QED) is 0.527. The fourth-order valence-electron chi connectivity index (χ4n) is 1.32. The Balaban J connectivity index is 0.000000980. The van der Waals surface area contributed by atoms with Crippen LogP contribution in [0.1, 0.15) is 18.0 Å². The predicted molar refractivity (Wildman–Crippen MR) is 63.2 cm³/mol. The first-order valence-electron chi connectivity index (χ1n) is 4.26. The maximum absolute atomic E-state index is 5.94. The summed E-state index contributed by atoms with van der Waals surface area (Å²) in [5, 5.41) is 2.33. The fourth-order valence-corrected chi connectivity index (χ4v) is 1.44. The van der Waals surface area contributed by atoms with Crippen molar-refractivity contribution in [3.8, 4) is 0 Å². The van der Waals surface area contributed by atoms with Crippen LogP contribution in [-0.2, 0) is 0 Å². The van der Waals surface area contributed by atoms with Crippen LogP contribution in [0.15, 0.2) is 36.5 Å². The van der Waals surface area contributed by atoms with Crippen molar-refractivity contribution in [1.29, 1.82) is 0 Å². The summed E-state index contributed by atoms with van der Waals surface area (Å²) in [6.07, 6.45) is 1.86. The third-order valence-electron chi connectivity index (χ3n) is 2.06. The van der Waals surface area contributed by atoms with Gasteiger partial charge < -0.3 is 0 Å². The Morgan fingerprint density at radius 2 is 1.86 bits per heavy atom. The number of aromatic nitrogens is 1.